The third-order valence-electron chi connectivity index (χ3n) is 5.51. The Labute approximate surface area is 163 Å². The number of anilines is 1. The lowest BCUT2D eigenvalue weighted by atomic mass is 10.1. The Balaban J connectivity index is 2.08. The highest BCUT2D eigenvalue weighted by Crippen LogP contribution is 2.27. The predicted octanol–water partition coefficient (Wildman–Crippen LogP) is 4.66. The van der Waals surface area contributed by atoms with Crippen molar-refractivity contribution < 1.29 is 0 Å². The fourth-order valence-corrected chi connectivity index (χ4v) is 3.80. The molecule has 2 aromatic rings. The van der Waals surface area contributed by atoms with Crippen LogP contribution in [-0.4, -0.2) is 49.0 Å². The topological polar surface area (TPSA) is 30.9 Å². The van der Waals surface area contributed by atoms with Gasteiger partial charge in [0.25, 0.3) is 0 Å². The van der Waals surface area contributed by atoms with Crippen LogP contribution in [0.2, 0.25) is 0 Å². The van der Waals surface area contributed by atoms with E-state index in [1.54, 1.807) is 0 Å². The minimum absolute atomic E-state index is 0.0382. The molecule has 4 nitrogen and oxygen atoms in total. The largest absolute Gasteiger partial charge is 0.363 e. The van der Waals surface area contributed by atoms with Crippen molar-refractivity contribution in [3.63, 3.8) is 0 Å². The van der Waals surface area contributed by atoms with Crippen molar-refractivity contribution in [1.29, 1.82) is 0 Å². The number of aryl methyl sites for hydroxylation is 4. The van der Waals surface area contributed by atoms with Crippen LogP contribution in [-0.2, 0) is 0 Å². The first-order valence-corrected chi connectivity index (χ1v) is 9.77. The standard InChI is InChI=1S/C23H32N4/c1-16-10-7-11-17(2)20(16)24-22-23(27(6)15-9-14-26(22)5)25-21-18(3)12-8-13-19(21)4/h7-8,10-13,22,24H,9,14-15H2,1-6H3. The molecular formula is C23H32N4. The molecule has 4 heteroatoms. The van der Waals surface area contributed by atoms with Crippen LogP contribution in [0, 0.1) is 27.7 Å². The molecule has 0 saturated carbocycles. The summed E-state index contributed by atoms with van der Waals surface area (Å²) in [5.74, 6) is 1.08. The van der Waals surface area contributed by atoms with Gasteiger partial charge in [-0.1, -0.05) is 36.4 Å². The number of hydrogen-bond acceptors (Lipinski definition) is 3. The summed E-state index contributed by atoms with van der Waals surface area (Å²) in [5, 5.41) is 3.80. The van der Waals surface area contributed by atoms with Gasteiger partial charge in [-0.15, -0.1) is 0 Å². The number of hydrogen-bond donors (Lipinski definition) is 1. The summed E-state index contributed by atoms with van der Waals surface area (Å²) in [6.45, 7) is 10.7. The minimum atomic E-state index is 0.0382. The summed E-state index contributed by atoms with van der Waals surface area (Å²) < 4.78 is 0. The lowest BCUT2D eigenvalue weighted by Gasteiger charge is -2.32. The second-order valence-corrected chi connectivity index (χ2v) is 7.78. The second kappa shape index (κ2) is 8.13. The summed E-state index contributed by atoms with van der Waals surface area (Å²) >= 11 is 0. The molecule has 1 aliphatic rings. The van der Waals surface area contributed by atoms with Gasteiger partial charge in [-0.2, -0.15) is 0 Å². The van der Waals surface area contributed by atoms with Crippen molar-refractivity contribution >= 4 is 17.2 Å². The summed E-state index contributed by atoms with van der Waals surface area (Å²) in [5.41, 5.74) is 7.26. The Kier molecular flexibility index (Phi) is 5.85. The lowest BCUT2D eigenvalue weighted by molar-refractivity contribution is 0.324. The molecule has 27 heavy (non-hydrogen) atoms. The molecule has 1 fully saturated rings. The highest BCUT2D eigenvalue weighted by Gasteiger charge is 2.28. The predicted molar refractivity (Wildman–Crippen MR) is 116 cm³/mol. The SMILES string of the molecule is Cc1cccc(C)c1N=C1C(Nc2c(C)cccc2C)N(C)CCCN1C. The Hall–Kier alpha value is -2.33. The monoisotopic (exact) mass is 364 g/mol. The van der Waals surface area contributed by atoms with Gasteiger partial charge < -0.3 is 10.2 Å². The Morgan fingerprint density at radius 1 is 0.852 bits per heavy atom. The van der Waals surface area contributed by atoms with Crippen LogP contribution < -0.4 is 5.32 Å². The van der Waals surface area contributed by atoms with E-state index < -0.39 is 0 Å². The molecule has 1 N–H and O–H groups in total. The van der Waals surface area contributed by atoms with Crippen molar-refractivity contribution in [2.45, 2.75) is 40.3 Å². The molecule has 0 aliphatic carbocycles. The fourth-order valence-electron chi connectivity index (χ4n) is 3.80. The fraction of sp³-hybridized carbons (Fsp3) is 0.435. The number of nitrogens with zero attached hydrogens (tertiary/aromatic N) is 3. The first kappa shape index (κ1) is 19.4. The number of benzene rings is 2. The molecule has 2 aromatic carbocycles. The van der Waals surface area contributed by atoms with Gasteiger partial charge in [0.2, 0.25) is 0 Å². The Morgan fingerprint density at radius 2 is 1.41 bits per heavy atom. The van der Waals surface area contributed by atoms with Gasteiger partial charge in [0.15, 0.2) is 0 Å². The number of para-hydroxylation sites is 2. The number of likely N-dealkylation sites (N-methyl/N-ethyl adjacent to an activating group) is 2. The number of aliphatic imine (C=N–C) groups is 1. The van der Waals surface area contributed by atoms with Crippen molar-refractivity contribution in [1.82, 2.24) is 9.80 Å². The van der Waals surface area contributed by atoms with Gasteiger partial charge in [-0.05, 0) is 63.4 Å². The van der Waals surface area contributed by atoms with Crippen LogP contribution in [0.25, 0.3) is 0 Å². The Morgan fingerprint density at radius 3 is 2.00 bits per heavy atom. The van der Waals surface area contributed by atoms with Crippen LogP contribution in [0.1, 0.15) is 28.7 Å². The molecule has 1 atom stereocenters. The number of nitrogens with one attached hydrogen (secondary N) is 1. The summed E-state index contributed by atoms with van der Waals surface area (Å²) in [6, 6.07) is 12.8. The van der Waals surface area contributed by atoms with E-state index in [4.69, 9.17) is 4.99 Å². The summed E-state index contributed by atoms with van der Waals surface area (Å²) in [7, 11) is 4.34. The van der Waals surface area contributed by atoms with E-state index in [-0.39, 0.29) is 6.17 Å². The van der Waals surface area contributed by atoms with Gasteiger partial charge in [-0.25, -0.2) is 4.99 Å². The molecule has 3 rings (SSSR count). The zero-order valence-corrected chi connectivity index (χ0v) is 17.5. The zero-order valence-electron chi connectivity index (χ0n) is 17.5. The van der Waals surface area contributed by atoms with Crippen LogP contribution in [0.4, 0.5) is 11.4 Å². The molecule has 0 spiro atoms. The van der Waals surface area contributed by atoms with E-state index >= 15 is 0 Å². The first-order valence-electron chi connectivity index (χ1n) is 9.77. The smallest absolute Gasteiger partial charge is 0.142 e. The highest BCUT2D eigenvalue weighted by atomic mass is 15.3. The van der Waals surface area contributed by atoms with E-state index in [2.05, 4.69) is 93.3 Å². The first-order chi connectivity index (χ1) is 12.9. The van der Waals surface area contributed by atoms with Crippen molar-refractivity contribution in [3.05, 3.63) is 58.7 Å². The maximum atomic E-state index is 5.18. The minimum Gasteiger partial charge on any atom is -0.363 e. The highest BCUT2D eigenvalue weighted by molar-refractivity contribution is 5.92. The molecule has 0 bridgehead atoms. The van der Waals surface area contributed by atoms with Crippen molar-refractivity contribution in [2.75, 3.05) is 32.5 Å². The van der Waals surface area contributed by atoms with Crippen LogP contribution in [0.15, 0.2) is 41.4 Å². The van der Waals surface area contributed by atoms with Crippen molar-refractivity contribution in [2.24, 2.45) is 4.99 Å². The third kappa shape index (κ3) is 4.16. The average Bonchev–Trinajstić information content (AvgIpc) is 2.74. The second-order valence-electron chi connectivity index (χ2n) is 7.78. The lowest BCUT2D eigenvalue weighted by Crippen LogP contribution is -2.48. The van der Waals surface area contributed by atoms with Gasteiger partial charge in [0, 0.05) is 25.8 Å². The summed E-state index contributed by atoms with van der Waals surface area (Å²) in [6.07, 6.45) is 1.17. The van der Waals surface area contributed by atoms with E-state index in [1.807, 2.05) is 0 Å². The van der Waals surface area contributed by atoms with E-state index in [1.165, 1.54) is 27.9 Å². The molecule has 0 radical (unpaired) electrons. The molecule has 0 aromatic heterocycles. The molecular weight excluding hydrogens is 332 g/mol. The van der Waals surface area contributed by atoms with E-state index in [0.717, 1.165) is 31.0 Å². The molecule has 0 amide bonds. The molecule has 1 unspecified atom stereocenters. The molecule has 1 heterocycles. The van der Waals surface area contributed by atoms with E-state index in [0.29, 0.717) is 0 Å². The number of amidine groups is 1. The van der Waals surface area contributed by atoms with Crippen molar-refractivity contribution in [3.8, 4) is 0 Å². The summed E-state index contributed by atoms with van der Waals surface area (Å²) in [4.78, 5) is 9.87. The maximum absolute atomic E-state index is 5.18. The van der Waals surface area contributed by atoms with Crippen LogP contribution in [0.3, 0.4) is 0 Å². The molecule has 1 saturated heterocycles. The maximum Gasteiger partial charge on any atom is 0.142 e. The van der Waals surface area contributed by atoms with Crippen LogP contribution in [0.5, 0.6) is 0 Å². The molecule has 144 valence electrons. The number of rotatable bonds is 3. The quantitative estimate of drug-likeness (QED) is 0.860. The Bertz CT molecular complexity index is 800. The van der Waals surface area contributed by atoms with Crippen LogP contribution >= 0.6 is 0 Å². The van der Waals surface area contributed by atoms with Gasteiger partial charge in [0.05, 0.1) is 5.69 Å². The van der Waals surface area contributed by atoms with E-state index in [9.17, 15) is 0 Å². The van der Waals surface area contributed by atoms with Gasteiger partial charge >= 0.3 is 0 Å². The average molecular weight is 365 g/mol. The third-order valence-corrected chi connectivity index (χ3v) is 5.51. The zero-order chi connectivity index (χ0) is 19.6. The van der Waals surface area contributed by atoms with Gasteiger partial charge in [0.1, 0.15) is 12.0 Å². The van der Waals surface area contributed by atoms with Gasteiger partial charge in [-0.3, -0.25) is 4.90 Å². The normalized spacial score (nSPS) is 20.0. The molecule has 1 aliphatic heterocycles.